The highest BCUT2D eigenvalue weighted by Crippen LogP contribution is 2.31. The first-order chi connectivity index (χ1) is 13.2. The molecule has 146 valence electrons. The number of piperidine rings is 1. The van der Waals surface area contributed by atoms with Crippen LogP contribution in [0.3, 0.4) is 0 Å². The van der Waals surface area contributed by atoms with Crippen LogP contribution in [0.2, 0.25) is 0 Å². The molecule has 1 fully saturated rings. The van der Waals surface area contributed by atoms with Gasteiger partial charge in [0.05, 0.1) is 6.20 Å². The summed E-state index contributed by atoms with van der Waals surface area (Å²) >= 11 is 0. The van der Waals surface area contributed by atoms with Crippen molar-refractivity contribution in [2.24, 2.45) is 0 Å². The normalized spacial score (nSPS) is 15.4. The minimum atomic E-state index is 0.586. The van der Waals surface area contributed by atoms with Crippen molar-refractivity contribution in [3.8, 4) is 0 Å². The molecule has 0 bridgehead atoms. The van der Waals surface area contributed by atoms with E-state index < -0.39 is 0 Å². The highest BCUT2D eigenvalue weighted by atomic mass is 15.2. The van der Waals surface area contributed by atoms with E-state index in [1.807, 2.05) is 6.20 Å². The van der Waals surface area contributed by atoms with E-state index in [0.717, 1.165) is 32.6 Å². The zero-order chi connectivity index (χ0) is 19.1. The summed E-state index contributed by atoms with van der Waals surface area (Å²) in [6.45, 7) is 10.9. The molecule has 0 atom stereocenters. The van der Waals surface area contributed by atoms with Crippen LogP contribution in [-0.4, -0.2) is 46.7 Å². The van der Waals surface area contributed by atoms with Crippen molar-refractivity contribution in [1.82, 2.24) is 20.0 Å². The zero-order valence-electron chi connectivity index (χ0n) is 17.0. The highest BCUT2D eigenvalue weighted by molar-refractivity contribution is 5.23. The average molecular weight is 367 g/mol. The third-order valence-corrected chi connectivity index (χ3v) is 5.69. The van der Waals surface area contributed by atoms with Gasteiger partial charge in [0, 0.05) is 48.9 Å². The lowest BCUT2D eigenvalue weighted by Crippen LogP contribution is -2.33. The Morgan fingerprint density at radius 1 is 1.26 bits per heavy atom. The number of H-pyrrole nitrogens is 1. The molecule has 0 amide bonds. The van der Waals surface area contributed by atoms with E-state index in [9.17, 15) is 0 Å². The maximum absolute atomic E-state index is 4.36. The van der Waals surface area contributed by atoms with Gasteiger partial charge in [-0.15, -0.1) is 0 Å². The number of benzene rings is 1. The number of rotatable bonds is 9. The Labute approximate surface area is 164 Å². The number of nitrogens with one attached hydrogen (secondary N) is 1. The number of allylic oxidation sites excluding steroid dienone is 1. The van der Waals surface area contributed by atoms with Gasteiger partial charge in [-0.3, -0.25) is 5.10 Å². The Hall–Kier alpha value is -2.07. The molecule has 0 saturated carbocycles. The quantitative estimate of drug-likeness (QED) is 0.706. The molecular formula is C23H34N4. The fourth-order valence-electron chi connectivity index (χ4n) is 4.03. The number of hydrogen-bond donors (Lipinski definition) is 1. The first-order valence-electron chi connectivity index (χ1n) is 10.3. The number of likely N-dealkylation sites (tertiary alicyclic amines) is 1. The largest absolute Gasteiger partial charge is 0.375 e. The summed E-state index contributed by atoms with van der Waals surface area (Å²) in [5.74, 6) is 0.586. The molecule has 0 spiro atoms. The summed E-state index contributed by atoms with van der Waals surface area (Å²) in [5.41, 5.74) is 5.31. The Morgan fingerprint density at radius 2 is 2.00 bits per heavy atom. The molecule has 2 aromatic rings. The minimum Gasteiger partial charge on any atom is -0.375 e. The van der Waals surface area contributed by atoms with Gasteiger partial charge in [-0.05, 0) is 38.4 Å². The third-order valence-electron chi connectivity index (χ3n) is 5.69. The molecular weight excluding hydrogens is 332 g/mol. The third kappa shape index (κ3) is 5.46. The van der Waals surface area contributed by atoms with Gasteiger partial charge in [0.25, 0.3) is 0 Å². The summed E-state index contributed by atoms with van der Waals surface area (Å²) in [7, 11) is 2.21. The van der Waals surface area contributed by atoms with Gasteiger partial charge < -0.3 is 9.80 Å². The predicted octanol–water partition coefficient (Wildman–Crippen LogP) is 4.58. The molecule has 1 aliphatic rings. The number of nitrogens with zero attached hydrogens (tertiary/aromatic N) is 3. The maximum Gasteiger partial charge on any atom is 0.0535 e. The molecule has 27 heavy (non-hydrogen) atoms. The van der Waals surface area contributed by atoms with Crippen LogP contribution < -0.4 is 0 Å². The van der Waals surface area contributed by atoms with Crippen LogP contribution in [0.25, 0.3) is 0 Å². The van der Waals surface area contributed by atoms with Crippen molar-refractivity contribution >= 4 is 0 Å². The van der Waals surface area contributed by atoms with E-state index in [0.29, 0.717) is 5.92 Å². The second-order valence-corrected chi connectivity index (χ2v) is 7.89. The van der Waals surface area contributed by atoms with Gasteiger partial charge in [0.1, 0.15) is 0 Å². The summed E-state index contributed by atoms with van der Waals surface area (Å²) in [6.07, 6.45) is 7.81. The Balaban J connectivity index is 1.52. The number of aromatic nitrogens is 2. The van der Waals surface area contributed by atoms with Gasteiger partial charge in [-0.1, -0.05) is 50.3 Å². The van der Waals surface area contributed by atoms with Gasteiger partial charge in [-0.2, -0.15) is 5.10 Å². The number of aromatic amines is 1. The number of hydrogen-bond acceptors (Lipinski definition) is 3. The van der Waals surface area contributed by atoms with Crippen molar-refractivity contribution in [2.75, 3.05) is 26.7 Å². The molecule has 4 heteroatoms. The molecule has 1 aromatic carbocycles. The highest BCUT2D eigenvalue weighted by Gasteiger charge is 2.24. The van der Waals surface area contributed by atoms with Gasteiger partial charge in [0.2, 0.25) is 0 Å². The average Bonchev–Trinajstić information content (AvgIpc) is 3.15. The fraction of sp³-hybridized carbons (Fsp3) is 0.522. The summed E-state index contributed by atoms with van der Waals surface area (Å²) < 4.78 is 0. The van der Waals surface area contributed by atoms with Crippen molar-refractivity contribution < 1.29 is 0 Å². The molecule has 0 unspecified atom stereocenters. The van der Waals surface area contributed by atoms with E-state index in [-0.39, 0.29) is 0 Å². The Kier molecular flexibility index (Phi) is 7.11. The van der Waals surface area contributed by atoms with E-state index in [2.05, 4.69) is 70.9 Å². The lowest BCUT2D eigenvalue weighted by Gasteiger charge is -2.35. The summed E-state index contributed by atoms with van der Waals surface area (Å²) in [4.78, 5) is 4.88. The van der Waals surface area contributed by atoms with Gasteiger partial charge in [0.15, 0.2) is 0 Å². The van der Waals surface area contributed by atoms with Crippen molar-refractivity contribution in [1.29, 1.82) is 0 Å². The summed E-state index contributed by atoms with van der Waals surface area (Å²) in [5, 5.41) is 7.66. The van der Waals surface area contributed by atoms with E-state index >= 15 is 0 Å². The zero-order valence-corrected chi connectivity index (χ0v) is 17.0. The molecule has 4 nitrogen and oxygen atoms in total. The smallest absolute Gasteiger partial charge is 0.0535 e. The van der Waals surface area contributed by atoms with Crippen LogP contribution in [0.1, 0.15) is 55.3 Å². The van der Waals surface area contributed by atoms with Crippen LogP contribution in [-0.2, 0) is 13.0 Å². The Bertz CT molecular complexity index is 698. The van der Waals surface area contributed by atoms with Crippen LogP contribution in [0, 0.1) is 0 Å². The first-order valence-corrected chi connectivity index (χ1v) is 10.3. The number of unbranched alkanes of at least 4 members (excludes halogenated alkanes) is 1. The SMILES string of the molecule is C=C(Cc1ccccc1)N1CCC(c2[nH]ncc2CN(C)CCCC)CC1. The molecule has 2 heterocycles. The maximum atomic E-state index is 4.36. The van der Waals surface area contributed by atoms with Crippen molar-refractivity contribution in [3.05, 3.63) is 65.6 Å². The molecule has 0 aliphatic carbocycles. The second kappa shape index (κ2) is 9.75. The van der Waals surface area contributed by atoms with E-state index in [1.165, 1.54) is 48.2 Å². The molecule has 1 aromatic heterocycles. The van der Waals surface area contributed by atoms with Crippen LogP contribution >= 0.6 is 0 Å². The van der Waals surface area contributed by atoms with Gasteiger partial charge >= 0.3 is 0 Å². The predicted molar refractivity (Wildman–Crippen MR) is 113 cm³/mol. The molecule has 1 aliphatic heterocycles. The first kappa shape index (κ1) is 19.7. The van der Waals surface area contributed by atoms with Crippen LogP contribution in [0.15, 0.2) is 48.8 Å². The van der Waals surface area contributed by atoms with E-state index in [1.54, 1.807) is 0 Å². The van der Waals surface area contributed by atoms with Crippen molar-refractivity contribution in [3.63, 3.8) is 0 Å². The monoisotopic (exact) mass is 366 g/mol. The molecule has 1 saturated heterocycles. The molecule has 0 radical (unpaired) electrons. The lowest BCUT2D eigenvalue weighted by molar-refractivity contribution is 0.255. The topological polar surface area (TPSA) is 35.2 Å². The molecule has 3 rings (SSSR count). The standard InChI is InChI=1S/C23H34N4/c1-4-5-13-26(3)18-22-17-24-25-23(22)21-11-14-27(15-12-21)19(2)16-20-9-7-6-8-10-20/h6-10,17,21H,2,4-5,11-16,18H2,1,3H3,(H,24,25). The fourth-order valence-corrected chi connectivity index (χ4v) is 4.03. The summed E-state index contributed by atoms with van der Waals surface area (Å²) in [6, 6.07) is 10.6. The van der Waals surface area contributed by atoms with E-state index in [4.69, 9.17) is 0 Å². The van der Waals surface area contributed by atoms with Crippen LogP contribution in [0.5, 0.6) is 0 Å². The van der Waals surface area contributed by atoms with Gasteiger partial charge in [-0.25, -0.2) is 0 Å². The van der Waals surface area contributed by atoms with Crippen LogP contribution in [0.4, 0.5) is 0 Å². The minimum absolute atomic E-state index is 0.586. The second-order valence-electron chi connectivity index (χ2n) is 7.89. The Morgan fingerprint density at radius 3 is 2.70 bits per heavy atom. The lowest BCUT2D eigenvalue weighted by atomic mass is 9.90. The van der Waals surface area contributed by atoms with Crippen molar-refractivity contribution in [2.45, 2.75) is 51.5 Å². The molecule has 1 N–H and O–H groups in total.